The first kappa shape index (κ1) is 18.9. The zero-order chi connectivity index (χ0) is 18.6. The van der Waals surface area contributed by atoms with Crippen LogP contribution in [0.3, 0.4) is 0 Å². The summed E-state index contributed by atoms with van der Waals surface area (Å²) >= 11 is 17.3. The molecular weight excluding hydrogens is 397 g/mol. The van der Waals surface area contributed by atoms with Gasteiger partial charge in [-0.15, -0.1) is 0 Å². The zero-order valence-electron chi connectivity index (χ0n) is 12.2. The van der Waals surface area contributed by atoms with E-state index in [0.29, 0.717) is 0 Å². The van der Waals surface area contributed by atoms with Crippen LogP contribution in [0.5, 0.6) is 0 Å². The number of nitro groups is 1. The normalized spacial score (nSPS) is 10.2. The fourth-order valence-corrected chi connectivity index (χ4v) is 2.22. The molecule has 0 bridgehead atoms. The maximum atomic E-state index is 11.9. The first-order valence-corrected chi connectivity index (χ1v) is 7.64. The minimum absolute atomic E-state index is 0.0215. The van der Waals surface area contributed by atoms with Gasteiger partial charge in [-0.3, -0.25) is 14.9 Å². The molecule has 2 rings (SSSR count). The van der Waals surface area contributed by atoms with Crippen LogP contribution in [-0.4, -0.2) is 28.4 Å². The Bertz CT molecular complexity index is 860. The molecule has 1 aromatic carbocycles. The summed E-state index contributed by atoms with van der Waals surface area (Å²) in [5.74, 6) is -1.64. The molecular formula is C14H8Cl3N3O5. The number of ether oxygens (including phenoxy) is 1. The SMILES string of the molecule is O=C(COC(=O)c1nc(Cl)ccc1Cl)Nc1ccc([N+](=O)[O-])cc1Cl. The summed E-state index contributed by atoms with van der Waals surface area (Å²) in [5, 5.41) is 13.0. The lowest BCUT2D eigenvalue weighted by Gasteiger charge is -2.08. The summed E-state index contributed by atoms with van der Waals surface area (Å²) in [6.07, 6.45) is 0. The van der Waals surface area contributed by atoms with Crippen molar-refractivity contribution in [1.29, 1.82) is 0 Å². The van der Waals surface area contributed by atoms with E-state index < -0.39 is 23.4 Å². The lowest BCUT2D eigenvalue weighted by Crippen LogP contribution is -2.21. The average Bonchev–Trinajstić information content (AvgIpc) is 2.56. The predicted octanol–water partition coefficient (Wildman–Crippen LogP) is 3.75. The summed E-state index contributed by atoms with van der Waals surface area (Å²) in [6, 6.07) is 6.27. The Hall–Kier alpha value is -2.42. The van der Waals surface area contributed by atoms with E-state index in [9.17, 15) is 19.7 Å². The van der Waals surface area contributed by atoms with Gasteiger partial charge in [0.1, 0.15) is 5.15 Å². The number of carbonyl (C=O) groups excluding carboxylic acids is 2. The lowest BCUT2D eigenvalue weighted by atomic mass is 10.3. The van der Waals surface area contributed by atoms with Crippen molar-refractivity contribution in [3.63, 3.8) is 0 Å². The molecule has 0 atom stereocenters. The van der Waals surface area contributed by atoms with Crippen molar-refractivity contribution in [2.24, 2.45) is 0 Å². The number of hydrogen-bond donors (Lipinski definition) is 1. The smallest absolute Gasteiger partial charge is 0.359 e. The van der Waals surface area contributed by atoms with Crippen LogP contribution >= 0.6 is 34.8 Å². The van der Waals surface area contributed by atoms with Gasteiger partial charge < -0.3 is 10.1 Å². The van der Waals surface area contributed by atoms with Crippen molar-refractivity contribution in [2.75, 3.05) is 11.9 Å². The molecule has 25 heavy (non-hydrogen) atoms. The highest BCUT2D eigenvalue weighted by atomic mass is 35.5. The summed E-state index contributed by atoms with van der Waals surface area (Å²) in [6.45, 7) is -0.642. The predicted molar refractivity (Wildman–Crippen MR) is 91.3 cm³/mol. The van der Waals surface area contributed by atoms with E-state index in [4.69, 9.17) is 39.5 Å². The summed E-state index contributed by atoms with van der Waals surface area (Å²) < 4.78 is 4.79. The number of nitrogens with one attached hydrogen (secondary N) is 1. The number of rotatable bonds is 5. The highest BCUT2D eigenvalue weighted by molar-refractivity contribution is 6.34. The Morgan fingerprint density at radius 1 is 1.16 bits per heavy atom. The maximum absolute atomic E-state index is 11.9. The maximum Gasteiger partial charge on any atom is 0.359 e. The summed E-state index contributed by atoms with van der Waals surface area (Å²) in [7, 11) is 0. The molecule has 0 aliphatic carbocycles. The van der Waals surface area contributed by atoms with Crippen molar-refractivity contribution in [3.05, 3.63) is 61.3 Å². The average molecular weight is 405 g/mol. The van der Waals surface area contributed by atoms with Crippen molar-refractivity contribution in [3.8, 4) is 0 Å². The molecule has 1 N–H and O–H groups in total. The minimum atomic E-state index is -0.933. The van der Waals surface area contributed by atoms with Crippen LogP contribution in [0.4, 0.5) is 11.4 Å². The Balaban J connectivity index is 1.98. The third kappa shape index (κ3) is 5.02. The van der Waals surface area contributed by atoms with Crippen LogP contribution < -0.4 is 5.32 Å². The van der Waals surface area contributed by atoms with Gasteiger partial charge in [-0.2, -0.15) is 0 Å². The van der Waals surface area contributed by atoms with Crippen LogP contribution in [0.1, 0.15) is 10.5 Å². The molecule has 0 fully saturated rings. The van der Waals surface area contributed by atoms with E-state index in [2.05, 4.69) is 10.3 Å². The van der Waals surface area contributed by atoms with Gasteiger partial charge >= 0.3 is 5.97 Å². The molecule has 0 unspecified atom stereocenters. The standard InChI is InChI=1S/C14H8Cl3N3O5/c15-8-2-4-11(17)19-13(8)14(22)25-6-12(21)18-10-3-1-7(20(23)24)5-9(10)16/h1-5H,6H2,(H,18,21). The monoisotopic (exact) mass is 403 g/mol. The molecule has 11 heteroatoms. The van der Waals surface area contributed by atoms with Crippen LogP contribution in [0.15, 0.2) is 30.3 Å². The number of hydrogen-bond acceptors (Lipinski definition) is 6. The first-order valence-electron chi connectivity index (χ1n) is 6.51. The van der Waals surface area contributed by atoms with Gasteiger partial charge in [0.15, 0.2) is 12.3 Å². The second-order valence-corrected chi connectivity index (χ2v) is 5.71. The molecule has 0 saturated heterocycles. The number of amides is 1. The Labute approximate surface area is 155 Å². The molecule has 1 aromatic heterocycles. The summed E-state index contributed by atoms with van der Waals surface area (Å²) in [5.41, 5.74) is -0.321. The van der Waals surface area contributed by atoms with E-state index in [1.807, 2.05) is 0 Å². The Kier molecular flexibility index (Phi) is 6.13. The van der Waals surface area contributed by atoms with E-state index in [0.717, 1.165) is 6.07 Å². The third-order valence-corrected chi connectivity index (χ3v) is 3.61. The van der Waals surface area contributed by atoms with Crippen molar-refractivity contribution < 1.29 is 19.2 Å². The van der Waals surface area contributed by atoms with Gasteiger partial charge in [-0.25, -0.2) is 9.78 Å². The number of anilines is 1. The van der Waals surface area contributed by atoms with Crippen LogP contribution in [0, 0.1) is 10.1 Å². The van der Waals surface area contributed by atoms with Gasteiger partial charge in [0.05, 0.1) is 20.7 Å². The van der Waals surface area contributed by atoms with E-state index in [1.165, 1.54) is 24.3 Å². The van der Waals surface area contributed by atoms with E-state index >= 15 is 0 Å². The van der Waals surface area contributed by atoms with Crippen molar-refractivity contribution >= 4 is 58.1 Å². The highest BCUT2D eigenvalue weighted by Crippen LogP contribution is 2.26. The molecule has 2 aromatic rings. The number of aromatic nitrogens is 1. The van der Waals surface area contributed by atoms with E-state index in [-0.39, 0.29) is 32.3 Å². The Morgan fingerprint density at radius 3 is 2.52 bits per heavy atom. The van der Waals surface area contributed by atoms with Crippen LogP contribution in [0.2, 0.25) is 15.2 Å². The molecule has 0 aliphatic rings. The fraction of sp³-hybridized carbons (Fsp3) is 0.0714. The van der Waals surface area contributed by atoms with Gasteiger partial charge in [0.2, 0.25) is 0 Å². The number of benzene rings is 1. The zero-order valence-corrected chi connectivity index (χ0v) is 14.4. The number of halogens is 3. The second-order valence-electron chi connectivity index (χ2n) is 4.51. The topological polar surface area (TPSA) is 111 Å². The fourth-order valence-electron chi connectivity index (χ4n) is 1.67. The number of carbonyl (C=O) groups is 2. The van der Waals surface area contributed by atoms with Gasteiger partial charge in [-0.1, -0.05) is 34.8 Å². The third-order valence-electron chi connectivity index (χ3n) is 2.78. The van der Waals surface area contributed by atoms with Gasteiger partial charge in [-0.05, 0) is 18.2 Å². The van der Waals surface area contributed by atoms with Crippen LogP contribution in [-0.2, 0) is 9.53 Å². The largest absolute Gasteiger partial charge is 0.451 e. The molecule has 0 aliphatic heterocycles. The summed E-state index contributed by atoms with van der Waals surface area (Å²) in [4.78, 5) is 37.4. The lowest BCUT2D eigenvalue weighted by molar-refractivity contribution is -0.384. The first-order chi connectivity index (χ1) is 11.8. The minimum Gasteiger partial charge on any atom is -0.451 e. The van der Waals surface area contributed by atoms with Gasteiger partial charge in [0.25, 0.3) is 11.6 Å². The number of pyridine rings is 1. The van der Waals surface area contributed by atoms with E-state index in [1.54, 1.807) is 0 Å². The highest BCUT2D eigenvalue weighted by Gasteiger charge is 2.17. The second kappa shape index (κ2) is 8.11. The van der Waals surface area contributed by atoms with Crippen molar-refractivity contribution in [2.45, 2.75) is 0 Å². The molecule has 1 heterocycles. The molecule has 0 saturated carbocycles. The molecule has 0 spiro atoms. The Morgan fingerprint density at radius 2 is 1.88 bits per heavy atom. The quantitative estimate of drug-likeness (QED) is 0.351. The molecule has 0 radical (unpaired) electrons. The number of non-ortho nitro benzene ring substituents is 1. The molecule has 130 valence electrons. The molecule has 1 amide bonds. The van der Waals surface area contributed by atoms with Crippen LogP contribution in [0.25, 0.3) is 0 Å². The van der Waals surface area contributed by atoms with Gasteiger partial charge in [0, 0.05) is 12.1 Å². The number of esters is 1. The number of nitro benzene ring substituents is 1. The molecule has 8 nitrogen and oxygen atoms in total. The van der Waals surface area contributed by atoms with Crippen molar-refractivity contribution in [1.82, 2.24) is 4.98 Å². The number of nitrogens with zero attached hydrogens (tertiary/aromatic N) is 2.